The monoisotopic (exact) mass is 87.1 g/mol. The summed E-state index contributed by atoms with van der Waals surface area (Å²) in [4.78, 5) is 0. The molecule has 0 amide bonds. The smallest absolute Gasteiger partial charge is 0.198 e. The Morgan fingerprint density at radius 3 is 1.67 bits per heavy atom. The average Bonchev–Trinajstić information content (AvgIpc) is 1.35. The SMILES string of the molecule is [CH2+]C(C)(C)OC. The lowest BCUT2D eigenvalue weighted by Crippen LogP contribution is -2.15. The summed E-state index contributed by atoms with van der Waals surface area (Å²) < 4.78 is 4.83. The van der Waals surface area contributed by atoms with Crippen LogP contribution in [0.1, 0.15) is 13.8 Å². The fourth-order valence-electron chi connectivity index (χ4n) is 0. The van der Waals surface area contributed by atoms with Crippen LogP contribution in [0.25, 0.3) is 0 Å². The van der Waals surface area contributed by atoms with E-state index in [0.717, 1.165) is 0 Å². The summed E-state index contributed by atoms with van der Waals surface area (Å²) in [6.07, 6.45) is 0. The van der Waals surface area contributed by atoms with Gasteiger partial charge in [-0.3, -0.25) is 0 Å². The molecule has 0 aliphatic rings. The van der Waals surface area contributed by atoms with E-state index in [1.54, 1.807) is 7.11 Å². The molecule has 0 rings (SSSR count). The van der Waals surface area contributed by atoms with Gasteiger partial charge in [-0.15, -0.1) is 0 Å². The Kier molecular flexibility index (Phi) is 1.48. The van der Waals surface area contributed by atoms with Crippen LogP contribution < -0.4 is 0 Å². The molecule has 0 aliphatic carbocycles. The second kappa shape index (κ2) is 1.52. The van der Waals surface area contributed by atoms with Gasteiger partial charge in [0.25, 0.3) is 0 Å². The minimum absolute atomic E-state index is 0.208. The molecule has 0 aromatic heterocycles. The second-order valence-corrected chi connectivity index (χ2v) is 1.96. The number of methoxy groups -OCH3 is 1. The van der Waals surface area contributed by atoms with Gasteiger partial charge in [0.2, 0.25) is 0 Å². The van der Waals surface area contributed by atoms with Crippen LogP contribution in [0.4, 0.5) is 0 Å². The quantitative estimate of drug-likeness (QED) is 0.437. The maximum atomic E-state index is 4.83. The zero-order valence-electron chi connectivity index (χ0n) is 4.62. The maximum Gasteiger partial charge on any atom is 0.198 e. The Labute approximate surface area is 39.3 Å². The van der Waals surface area contributed by atoms with Gasteiger partial charge < -0.3 is 4.74 Å². The van der Waals surface area contributed by atoms with E-state index in [-0.39, 0.29) is 5.60 Å². The van der Waals surface area contributed by atoms with E-state index in [1.807, 2.05) is 13.8 Å². The molecule has 6 heavy (non-hydrogen) atoms. The van der Waals surface area contributed by atoms with Crippen molar-refractivity contribution in [1.82, 2.24) is 0 Å². The fourth-order valence-corrected chi connectivity index (χ4v) is 0. The number of rotatable bonds is 1. The number of hydrogen-bond donors (Lipinski definition) is 0. The Hall–Kier alpha value is -0.170. The van der Waals surface area contributed by atoms with Crippen LogP contribution >= 0.6 is 0 Å². The van der Waals surface area contributed by atoms with Crippen LogP contribution in [0.2, 0.25) is 0 Å². The minimum Gasteiger partial charge on any atom is -0.339 e. The minimum atomic E-state index is -0.208. The Morgan fingerprint density at radius 2 is 1.67 bits per heavy atom. The van der Waals surface area contributed by atoms with Crippen molar-refractivity contribution in [3.63, 3.8) is 0 Å². The Bertz CT molecular complexity index is 33.7. The van der Waals surface area contributed by atoms with Crippen molar-refractivity contribution >= 4 is 0 Å². The van der Waals surface area contributed by atoms with E-state index in [4.69, 9.17) is 4.74 Å². The fraction of sp³-hybridized carbons (Fsp3) is 0.800. The van der Waals surface area contributed by atoms with E-state index in [9.17, 15) is 0 Å². The van der Waals surface area contributed by atoms with Gasteiger partial charge in [-0.1, -0.05) is 0 Å². The van der Waals surface area contributed by atoms with Gasteiger partial charge in [0.05, 0.1) is 6.92 Å². The third kappa shape index (κ3) is 3.83. The summed E-state index contributed by atoms with van der Waals surface area (Å²) in [5.74, 6) is 0. The maximum absolute atomic E-state index is 4.83. The van der Waals surface area contributed by atoms with Gasteiger partial charge in [-0.25, -0.2) is 0 Å². The molecule has 0 aromatic carbocycles. The molecule has 36 valence electrons. The van der Waals surface area contributed by atoms with Gasteiger partial charge in [0.15, 0.2) is 5.60 Å². The van der Waals surface area contributed by atoms with Crippen molar-refractivity contribution in [3.8, 4) is 0 Å². The van der Waals surface area contributed by atoms with Gasteiger partial charge in [-0.05, 0) is 0 Å². The van der Waals surface area contributed by atoms with Crippen LogP contribution in [-0.2, 0) is 4.74 Å². The molecule has 0 N–H and O–H groups in total. The van der Waals surface area contributed by atoms with Gasteiger partial charge in [0.1, 0.15) is 0 Å². The second-order valence-electron chi connectivity index (χ2n) is 1.96. The van der Waals surface area contributed by atoms with Gasteiger partial charge in [0, 0.05) is 21.0 Å². The molecule has 1 nitrogen and oxygen atoms in total. The first-order chi connectivity index (χ1) is 2.56. The highest BCUT2D eigenvalue weighted by Crippen LogP contribution is 2.01. The van der Waals surface area contributed by atoms with Crippen molar-refractivity contribution in [2.24, 2.45) is 0 Å². The highest BCUT2D eigenvalue weighted by Gasteiger charge is 2.13. The van der Waals surface area contributed by atoms with Crippen LogP contribution in [0.15, 0.2) is 0 Å². The summed E-state index contributed by atoms with van der Waals surface area (Å²) >= 11 is 0. The molecule has 0 aromatic rings. The molecule has 0 bridgehead atoms. The summed E-state index contributed by atoms with van der Waals surface area (Å²) in [7, 11) is 1.65. The molecule has 0 aliphatic heterocycles. The van der Waals surface area contributed by atoms with Crippen LogP contribution in [0.3, 0.4) is 0 Å². The zero-order chi connectivity index (χ0) is 5.21. The lowest BCUT2D eigenvalue weighted by molar-refractivity contribution is 0.0630. The molecule has 0 radical (unpaired) electrons. The van der Waals surface area contributed by atoms with Crippen LogP contribution in [0, 0.1) is 6.92 Å². The normalized spacial score (nSPS) is 11.8. The topological polar surface area (TPSA) is 9.23 Å². The summed E-state index contributed by atoms with van der Waals surface area (Å²) in [5, 5.41) is 0. The van der Waals surface area contributed by atoms with E-state index in [0.29, 0.717) is 0 Å². The molecular formula is C5H11O+. The third-order valence-electron chi connectivity index (χ3n) is 0.553. The van der Waals surface area contributed by atoms with E-state index in [1.165, 1.54) is 0 Å². The molecule has 0 spiro atoms. The Morgan fingerprint density at radius 1 is 1.50 bits per heavy atom. The largest absolute Gasteiger partial charge is 0.339 e. The highest BCUT2D eigenvalue weighted by molar-refractivity contribution is 4.68. The van der Waals surface area contributed by atoms with Gasteiger partial charge in [-0.2, -0.15) is 0 Å². The molecular weight excluding hydrogens is 76.1 g/mol. The van der Waals surface area contributed by atoms with Crippen molar-refractivity contribution < 1.29 is 4.74 Å². The molecule has 0 saturated heterocycles. The third-order valence-corrected chi connectivity index (χ3v) is 0.553. The summed E-state index contributed by atoms with van der Waals surface area (Å²) in [6.45, 7) is 7.49. The predicted molar refractivity (Wildman–Crippen MR) is 26.4 cm³/mol. The molecule has 0 heterocycles. The molecule has 0 unspecified atom stereocenters. The van der Waals surface area contributed by atoms with Crippen LogP contribution in [-0.4, -0.2) is 12.7 Å². The number of hydrogen-bond acceptors (Lipinski definition) is 1. The van der Waals surface area contributed by atoms with Crippen LogP contribution in [0.5, 0.6) is 0 Å². The van der Waals surface area contributed by atoms with E-state index >= 15 is 0 Å². The lowest BCUT2D eigenvalue weighted by Gasteiger charge is -2.05. The molecule has 0 atom stereocenters. The lowest BCUT2D eigenvalue weighted by atomic mass is 10.2. The first-order valence-corrected chi connectivity index (χ1v) is 1.97. The van der Waals surface area contributed by atoms with Crippen molar-refractivity contribution in [3.05, 3.63) is 6.92 Å². The van der Waals surface area contributed by atoms with Crippen molar-refractivity contribution in [1.29, 1.82) is 0 Å². The average molecular weight is 87.1 g/mol. The van der Waals surface area contributed by atoms with Crippen molar-refractivity contribution in [2.45, 2.75) is 19.4 Å². The first kappa shape index (κ1) is 5.83. The predicted octanol–water partition coefficient (Wildman–Crippen LogP) is 1.25. The van der Waals surface area contributed by atoms with Crippen molar-refractivity contribution in [2.75, 3.05) is 7.11 Å². The first-order valence-electron chi connectivity index (χ1n) is 1.97. The molecule has 0 saturated carbocycles. The van der Waals surface area contributed by atoms with E-state index < -0.39 is 0 Å². The molecule has 1 heteroatoms. The summed E-state index contributed by atoms with van der Waals surface area (Å²) in [6, 6.07) is 0. The zero-order valence-corrected chi connectivity index (χ0v) is 4.62. The number of ether oxygens (including phenoxy) is 1. The highest BCUT2D eigenvalue weighted by atomic mass is 16.5. The summed E-state index contributed by atoms with van der Waals surface area (Å²) in [5.41, 5.74) is -0.208. The Balaban J connectivity index is 3.17. The standard InChI is InChI=1S/C5H11O/c1-5(2,3)6-4/h1H2,2-4H3/q+1. The van der Waals surface area contributed by atoms with Gasteiger partial charge >= 0.3 is 0 Å². The molecule has 0 fully saturated rings. The van der Waals surface area contributed by atoms with E-state index in [2.05, 4.69) is 6.92 Å².